The molecule has 33 heavy (non-hydrogen) atoms. The maximum Gasteiger partial charge on any atom is 0.275 e. The molecular formula is C26H24N4O3. The molecule has 7 nitrogen and oxygen atoms in total. The van der Waals surface area contributed by atoms with Crippen LogP contribution >= 0.6 is 0 Å². The molecule has 166 valence electrons. The second kappa shape index (κ2) is 9.91. The Bertz CT molecular complexity index is 1330. The van der Waals surface area contributed by atoms with E-state index in [9.17, 15) is 14.4 Å². The van der Waals surface area contributed by atoms with E-state index >= 15 is 0 Å². The molecule has 0 aliphatic rings. The summed E-state index contributed by atoms with van der Waals surface area (Å²) < 4.78 is 1.32. The van der Waals surface area contributed by atoms with E-state index in [0.29, 0.717) is 17.3 Å². The van der Waals surface area contributed by atoms with Crippen molar-refractivity contribution < 1.29 is 9.59 Å². The van der Waals surface area contributed by atoms with Crippen LogP contribution in [-0.2, 0) is 17.9 Å². The Labute approximate surface area is 191 Å². The van der Waals surface area contributed by atoms with Crippen molar-refractivity contribution in [1.29, 1.82) is 0 Å². The largest absolute Gasteiger partial charge is 0.370 e. The van der Waals surface area contributed by atoms with Crippen LogP contribution in [0.25, 0.3) is 10.8 Å². The first-order chi connectivity index (χ1) is 16.0. The van der Waals surface area contributed by atoms with Crippen molar-refractivity contribution >= 4 is 22.6 Å². The lowest BCUT2D eigenvalue weighted by Gasteiger charge is -2.23. The van der Waals surface area contributed by atoms with Gasteiger partial charge in [-0.15, -0.1) is 0 Å². The molecule has 4 rings (SSSR count). The Morgan fingerprint density at radius 1 is 0.818 bits per heavy atom. The summed E-state index contributed by atoms with van der Waals surface area (Å²) in [4.78, 5) is 39.8. The second-order valence-corrected chi connectivity index (χ2v) is 7.77. The minimum Gasteiger partial charge on any atom is -0.370 e. The van der Waals surface area contributed by atoms with Gasteiger partial charge in [0, 0.05) is 24.9 Å². The van der Waals surface area contributed by atoms with Gasteiger partial charge in [-0.3, -0.25) is 14.4 Å². The Morgan fingerprint density at radius 2 is 1.39 bits per heavy atom. The molecule has 3 aromatic carbocycles. The Kier molecular flexibility index (Phi) is 6.59. The highest BCUT2D eigenvalue weighted by molar-refractivity contribution is 6.04. The number of hydrogen-bond donors (Lipinski definition) is 1. The number of fused-ring (bicyclic) bond motifs is 1. The molecule has 2 N–H and O–H groups in total. The number of benzene rings is 3. The van der Waals surface area contributed by atoms with Gasteiger partial charge in [0.2, 0.25) is 5.91 Å². The topological polar surface area (TPSA) is 98.3 Å². The van der Waals surface area contributed by atoms with Crippen molar-refractivity contribution in [2.75, 3.05) is 6.54 Å². The minimum atomic E-state index is -0.493. The lowest BCUT2D eigenvalue weighted by Crippen LogP contribution is -2.36. The van der Waals surface area contributed by atoms with Gasteiger partial charge in [-0.05, 0) is 17.2 Å². The highest BCUT2D eigenvalue weighted by Crippen LogP contribution is 2.18. The van der Waals surface area contributed by atoms with Crippen LogP contribution in [0.2, 0.25) is 0 Å². The monoisotopic (exact) mass is 440 g/mol. The van der Waals surface area contributed by atoms with E-state index in [2.05, 4.69) is 5.10 Å². The Morgan fingerprint density at radius 3 is 2.03 bits per heavy atom. The molecule has 2 amide bonds. The first-order valence-corrected chi connectivity index (χ1v) is 10.7. The predicted molar refractivity (Wildman–Crippen MR) is 127 cm³/mol. The van der Waals surface area contributed by atoms with Crippen molar-refractivity contribution in [2.24, 2.45) is 5.73 Å². The van der Waals surface area contributed by atoms with E-state index in [4.69, 9.17) is 5.73 Å². The maximum atomic E-state index is 13.7. The number of hydrogen-bond acceptors (Lipinski definition) is 4. The maximum absolute atomic E-state index is 13.7. The molecule has 0 spiro atoms. The zero-order valence-electron chi connectivity index (χ0n) is 18.1. The summed E-state index contributed by atoms with van der Waals surface area (Å²) in [6, 6.07) is 25.9. The predicted octanol–water partition coefficient (Wildman–Crippen LogP) is 2.96. The zero-order valence-corrected chi connectivity index (χ0v) is 18.1. The van der Waals surface area contributed by atoms with Crippen molar-refractivity contribution in [3.8, 4) is 0 Å². The molecule has 0 unspecified atom stereocenters. The fraction of sp³-hybridized carbons (Fsp3) is 0.154. The minimum absolute atomic E-state index is 0.0279. The molecule has 0 saturated carbocycles. The van der Waals surface area contributed by atoms with Crippen LogP contribution in [-0.4, -0.2) is 33.0 Å². The first kappa shape index (κ1) is 22.0. The van der Waals surface area contributed by atoms with E-state index in [1.54, 1.807) is 29.2 Å². The van der Waals surface area contributed by atoms with Crippen LogP contribution < -0.4 is 11.3 Å². The molecule has 1 aromatic heterocycles. The number of amides is 2. The van der Waals surface area contributed by atoms with Gasteiger partial charge < -0.3 is 10.6 Å². The quantitative estimate of drug-likeness (QED) is 0.455. The molecule has 7 heteroatoms. The summed E-state index contributed by atoms with van der Waals surface area (Å²) >= 11 is 0. The fourth-order valence-electron chi connectivity index (χ4n) is 3.71. The summed E-state index contributed by atoms with van der Waals surface area (Å²) in [5, 5.41) is 5.38. The molecule has 0 aliphatic carbocycles. The average Bonchev–Trinajstić information content (AvgIpc) is 2.84. The smallest absolute Gasteiger partial charge is 0.275 e. The summed E-state index contributed by atoms with van der Waals surface area (Å²) in [5.74, 6) is -0.856. The van der Waals surface area contributed by atoms with E-state index in [1.165, 1.54) is 4.68 Å². The lowest BCUT2D eigenvalue weighted by molar-refractivity contribution is -0.118. The molecule has 1 heterocycles. The van der Waals surface area contributed by atoms with Crippen LogP contribution in [0.3, 0.4) is 0 Å². The van der Waals surface area contributed by atoms with Gasteiger partial charge >= 0.3 is 0 Å². The van der Waals surface area contributed by atoms with Crippen LogP contribution in [0.1, 0.15) is 28.0 Å². The molecule has 0 atom stereocenters. The van der Waals surface area contributed by atoms with Crippen LogP contribution in [0.15, 0.2) is 89.7 Å². The van der Waals surface area contributed by atoms with Crippen molar-refractivity contribution in [2.45, 2.75) is 19.5 Å². The molecule has 0 radical (unpaired) electrons. The van der Waals surface area contributed by atoms with Crippen molar-refractivity contribution in [3.63, 3.8) is 0 Å². The number of rotatable bonds is 8. The van der Waals surface area contributed by atoms with Gasteiger partial charge in [0.1, 0.15) is 0 Å². The Hall–Kier alpha value is -4.26. The van der Waals surface area contributed by atoms with Gasteiger partial charge in [-0.25, -0.2) is 4.68 Å². The average molecular weight is 441 g/mol. The summed E-state index contributed by atoms with van der Waals surface area (Å²) in [6.07, 6.45) is 0.0279. The first-order valence-electron chi connectivity index (χ1n) is 10.7. The van der Waals surface area contributed by atoms with Gasteiger partial charge in [-0.1, -0.05) is 78.9 Å². The molecule has 0 aliphatic heterocycles. The SMILES string of the molecule is NC(=O)CCN(Cc1ccccc1)C(=O)c1nn(Cc2ccccc2)c(=O)c2ccccc12. The third-order valence-corrected chi connectivity index (χ3v) is 5.38. The van der Waals surface area contributed by atoms with Crippen molar-refractivity contribution in [3.05, 3.63) is 112 Å². The van der Waals surface area contributed by atoms with Crippen molar-refractivity contribution in [1.82, 2.24) is 14.7 Å². The van der Waals surface area contributed by atoms with E-state index in [-0.39, 0.29) is 36.7 Å². The van der Waals surface area contributed by atoms with Gasteiger partial charge in [0.15, 0.2) is 5.69 Å². The molecule has 0 bridgehead atoms. The summed E-state index contributed by atoms with van der Waals surface area (Å²) in [5.41, 5.74) is 7.07. The lowest BCUT2D eigenvalue weighted by atomic mass is 10.1. The van der Waals surface area contributed by atoms with Gasteiger partial charge in [-0.2, -0.15) is 5.10 Å². The third-order valence-electron chi connectivity index (χ3n) is 5.38. The molecular weight excluding hydrogens is 416 g/mol. The highest BCUT2D eigenvalue weighted by Gasteiger charge is 2.23. The van der Waals surface area contributed by atoms with E-state index in [1.807, 2.05) is 60.7 Å². The van der Waals surface area contributed by atoms with E-state index < -0.39 is 5.91 Å². The van der Waals surface area contributed by atoms with Crippen LogP contribution in [0.4, 0.5) is 0 Å². The van der Waals surface area contributed by atoms with Crippen LogP contribution in [0, 0.1) is 0 Å². The summed E-state index contributed by atoms with van der Waals surface area (Å²) in [7, 11) is 0. The van der Waals surface area contributed by atoms with E-state index in [0.717, 1.165) is 11.1 Å². The second-order valence-electron chi connectivity index (χ2n) is 7.77. The number of carbonyl (C=O) groups is 2. The highest BCUT2D eigenvalue weighted by atomic mass is 16.2. The number of primary amides is 1. The fourth-order valence-corrected chi connectivity index (χ4v) is 3.71. The van der Waals surface area contributed by atoms with Gasteiger partial charge in [0.05, 0.1) is 11.9 Å². The number of carbonyl (C=O) groups excluding carboxylic acids is 2. The normalized spacial score (nSPS) is 10.8. The van der Waals surface area contributed by atoms with Crippen LogP contribution in [0.5, 0.6) is 0 Å². The zero-order chi connectivity index (χ0) is 23.2. The molecule has 4 aromatic rings. The molecule has 0 saturated heterocycles. The third kappa shape index (κ3) is 5.15. The standard InChI is InChI=1S/C26H24N4O3/c27-23(31)15-16-29(17-19-9-3-1-4-10-19)26(33)24-21-13-7-8-14-22(21)25(32)30(28-24)18-20-11-5-2-6-12-20/h1-14H,15-18H2,(H2,27,31). The Balaban J connectivity index is 1.77. The number of nitrogens with two attached hydrogens (primary N) is 1. The number of aromatic nitrogens is 2. The van der Waals surface area contributed by atoms with Gasteiger partial charge in [0.25, 0.3) is 11.5 Å². The summed E-state index contributed by atoms with van der Waals surface area (Å²) in [6.45, 7) is 0.683. The molecule has 0 fully saturated rings. The number of nitrogens with zero attached hydrogens (tertiary/aromatic N) is 3.